The quantitative estimate of drug-likeness (QED) is 0.864. The third-order valence-corrected chi connectivity index (χ3v) is 3.74. The summed E-state index contributed by atoms with van der Waals surface area (Å²) in [5.74, 6) is 0. The highest BCUT2D eigenvalue weighted by molar-refractivity contribution is 5.58. The number of hydrogen-bond donors (Lipinski definition) is 1. The minimum Gasteiger partial charge on any atom is -0.317 e. The second-order valence-electron chi connectivity index (χ2n) is 5.31. The molecule has 1 heterocycles. The molecule has 3 nitrogen and oxygen atoms in total. The molecular formula is C15H21N3. The zero-order chi connectivity index (χ0) is 13.1. The molecule has 1 aliphatic heterocycles. The highest BCUT2D eigenvalue weighted by Crippen LogP contribution is 2.25. The molecule has 0 aliphatic carbocycles. The van der Waals surface area contributed by atoms with Crippen LogP contribution in [0.15, 0.2) is 18.2 Å². The van der Waals surface area contributed by atoms with Crippen LogP contribution in [0, 0.1) is 18.3 Å². The van der Waals surface area contributed by atoms with E-state index in [4.69, 9.17) is 0 Å². The summed E-state index contributed by atoms with van der Waals surface area (Å²) < 4.78 is 0. The van der Waals surface area contributed by atoms with Crippen molar-refractivity contribution in [3.05, 3.63) is 29.3 Å². The summed E-state index contributed by atoms with van der Waals surface area (Å²) in [5, 5.41) is 11.5. The van der Waals surface area contributed by atoms with Crippen LogP contribution in [-0.2, 0) is 0 Å². The molecule has 1 N–H and O–H groups in total. The van der Waals surface area contributed by atoms with Gasteiger partial charge in [-0.1, -0.05) is 12.5 Å². The zero-order valence-electron chi connectivity index (χ0n) is 11.4. The van der Waals surface area contributed by atoms with Gasteiger partial charge in [0.1, 0.15) is 6.07 Å². The number of nitrogens with one attached hydrogen (secondary N) is 1. The fourth-order valence-electron chi connectivity index (χ4n) is 2.63. The molecule has 0 radical (unpaired) electrons. The Bertz CT molecular complexity index is 451. The van der Waals surface area contributed by atoms with Crippen LogP contribution in [0.1, 0.15) is 44.2 Å². The van der Waals surface area contributed by atoms with E-state index in [-0.39, 0.29) is 0 Å². The van der Waals surface area contributed by atoms with E-state index in [0.29, 0.717) is 12.1 Å². The van der Waals surface area contributed by atoms with Crippen molar-refractivity contribution >= 4 is 5.69 Å². The third-order valence-electron chi connectivity index (χ3n) is 3.74. The molecule has 0 spiro atoms. The van der Waals surface area contributed by atoms with Gasteiger partial charge < -0.3 is 5.43 Å². The van der Waals surface area contributed by atoms with E-state index < -0.39 is 0 Å². The van der Waals surface area contributed by atoms with Gasteiger partial charge in [-0.25, -0.2) is 5.01 Å². The first-order valence-electron chi connectivity index (χ1n) is 6.67. The highest BCUT2D eigenvalue weighted by atomic mass is 15.5. The molecule has 1 saturated heterocycles. The van der Waals surface area contributed by atoms with Crippen LogP contribution in [0.3, 0.4) is 0 Å². The van der Waals surface area contributed by atoms with E-state index in [2.05, 4.69) is 30.4 Å². The largest absolute Gasteiger partial charge is 0.317 e. The number of hydrogen-bond acceptors (Lipinski definition) is 3. The van der Waals surface area contributed by atoms with E-state index in [1.807, 2.05) is 25.1 Å². The van der Waals surface area contributed by atoms with Gasteiger partial charge in [-0.2, -0.15) is 5.26 Å². The number of piperidine rings is 1. The van der Waals surface area contributed by atoms with Crippen LogP contribution in [0.4, 0.5) is 5.69 Å². The van der Waals surface area contributed by atoms with Crippen LogP contribution in [0.5, 0.6) is 0 Å². The van der Waals surface area contributed by atoms with Crippen molar-refractivity contribution < 1.29 is 0 Å². The molecule has 1 aromatic rings. The van der Waals surface area contributed by atoms with Crippen molar-refractivity contribution in [2.45, 2.75) is 52.1 Å². The predicted molar refractivity (Wildman–Crippen MR) is 74.1 cm³/mol. The Hall–Kier alpha value is -1.53. The summed E-state index contributed by atoms with van der Waals surface area (Å²) in [7, 11) is 0. The molecule has 3 heteroatoms. The van der Waals surface area contributed by atoms with Crippen LogP contribution < -0.4 is 5.43 Å². The maximum atomic E-state index is 9.20. The monoisotopic (exact) mass is 243 g/mol. The normalized spacial score (nSPS) is 24.6. The third kappa shape index (κ3) is 2.65. The maximum absolute atomic E-state index is 9.20. The Morgan fingerprint density at radius 1 is 1.28 bits per heavy atom. The van der Waals surface area contributed by atoms with Crippen LogP contribution >= 0.6 is 0 Å². The van der Waals surface area contributed by atoms with Crippen molar-refractivity contribution in [3.8, 4) is 6.07 Å². The lowest BCUT2D eigenvalue weighted by Gasteiger charge is -2.39. The van der Waals surface area contributed by atoms with Gasteiger partial charge >= 0.3 is 0 Å². The molecular weight excluding hydrogens is 222 g/mol. The lowest BCUT2D eigenvalue weighted by atomic mass is 9.99. The molecule has 0 amide bonds. The van der Waals surface area contributed by atoms with Gasteiger partial charge in [0, 0.05) is 12.1 Å². The second-order valence-corrected chi connectivity index (χ2v) is 5.31. The molecule has 0 saturated carbocycles. The SMILES string of the molecule is Cc1ccc(NN2C(C)CCCC2C)c(C#N)c1. The van der Waals surface area contributed by atoms with E-state index in [1.54, 1.807) is 0 Å². The zero-order valence-corrected chi connectivity index (χ0v) is 11.4. The van der Waals surface area contributed by atoms with Crippen molar-refractivity contribution in [3.63, 3.8) is 0 Å². The molecule has 1 aromatic carbocycles. The number of benzene rings is 1. The Morgan fingerprint density at radius 3 is 2.56 bits per heavy atom. The fraction of sp³-hybridized carbons (Fsp3) is 0.533. The minimum absolute atomic E-state index is 0.515. The van der Waals surface area contributed by atoms with Crippen LogP contribution in [0.2, 0.25) is 0 Å². The van der Waals surface area contributed by atoms with Gasteiger partial charge in [-0.05, 0) is 51.3 Å². The Morgan fingerprint density at radius 2 is 1.94 bits per heavy atom. The summed E-state index contributed by atoms with van der Waals surface area (Å²) in [6.07, 6.45) is 3.72. The Balaban J connectivity index is 2.20. The van der Waals surface area contributed by atoms with Crippen LogP contribution in [-0.4, -0.2) is 17.1 Å². The van der Waals surface area contributed by atoms with Crippen molar-refractivity contribution in [1.82, 2.24) is 5.01 Å². The lowest BCUT2D eigenvalue weighted by molar-refractivity contribution is 0.135. The molecule has 1 aliphatic rings. The van der Waals surface area contributed by atoms with Crippen molar-refractivity contribution in [2.24, 2.45) is 0 Å². The topological polar surface area (TPSA) is 39.1 Å². The first-order chi connectivity index (χ1) is 8.61. The first-order valence-corrected chi connectivity index (χ1v) is 6.67. The minimum atomic E-state index is 0.515. The molecule has 18 heavy (non-hydrogen) atoms. The van der Waals surface area contributed by atoms with Crippen LogP contribution in [0.25, 0.3) is 0 Å². The van der Waals surface area contributed by atoms with Gasteiger partial charge in [0.2, 0.25) is 0 Å². The average Bonchev–Trinajstić information content (AvgIpc) is 2.35. The summed E-state index contributed by atoms with van der Waals surface area (Å²) in [5.41, 5.74) is 6.20. The van der Waals surface area contributed by atoms with E-state index >= 15 is 0 Å². The lowest BCUT2D eigenvalue weighted by Crippen LogP contribution is -2.47. The summed E-state index contributed by atoms with van der Waals surface area (Å²) >= 11 is 0. The second kappa shape index (κ2) is 5.41. The maximum Gasteiger partial charge on any atom is 0.101 e. The Kier molecular flexibility index (Phi) is 3.88. The summed E-state index contributed by atoms with van der Waals surface area (Å²) in [4.78, 5) is 0. The number of hydrazine groups is 1. The molecule has 2 rings (SSSR count). The number of nitriles is 1. The number of anilines is 1. The van der Waals surface area contributed by atoms with E-state index in [9.17, 15) is 5.26 Å². The smallest absolute Gasteiger partial charge is 0.101 e. The molecule has 2 atom stereocenters. The average molecular weight is 243 g/mol. The molecule has 1 fully saturated rings. The number of aryl methyl sites for hydroxylation is 1. The molecule has 96 valence electrons. The highest BCUT2D eigenvalue weighted by Gasteiger charge is 2.25. The summed E-state index contributed by atoms with van der Waals surface area (Å²) in [6, 6.07) is 9.28. The molecule has 0 bridgehead atoms. The molecule has 0 aromatic heterocycles. The number of nitrogens with zero attached hydrogens (tertiary/aromatic N) is 2. The van der Waals surface area contributed by atoms with Crippen molar-refractivity contribution in [1.29, 1.82) is 5.26 Å². The van der Waals surface area contributed by atoms with Gasteiger partial charge in [0.15, 0.2) is 0 Å². The first kappa shape index (κ1) is 12.9. The predicted octanol–water partition coefficient (Wildman–Crippen LogP) is 3.46. The van der Waals surface area contributed by atoms with Gasteiger partial charge in [0.25, 0.3) is 0 Å². The summed E-state index contributed by atoms with van der Waals surface area (Å²) in [6.45, 7) is 6.49. The van der Waals surface area contributed by atoms with Crippen molar-refractivity contribution in [2.75, 3.05) is 5.43 Å². The Labute approximate surface area is 109 Å². The van der Waals surface area contributed by atoms with E-state index in [0.717, 1.165) is 16.8 Å². The van der Waals surface area contributed by atoms with Gasteiger partial charge in [-0.3, -0.25) is 0 Å². The van der Waals surface area contributed by atoms with Gasteiger partial charge in [0.05, 0.1) is 11.3 Å². The molecule has 2 unspecified atom stereocenters. The standard InChI is InChI=1S/C15H21N3/c1-11-7-8-15(14(9-11)10-16)17-18-12(2)5-4-6-13(18)3/h7-9,12-13,17H,4-6H2,1-3H3. The fourth-order valence-corrected chi connectivity index (χ4v) is 2.63. The number of rotatable bonds is 2. The van der Waals surface area contributed by atoms with Gasteiger partial charge in [-0.15, -0.1) is 0 Å². The van der Waals surface area contributed by atoms with E-state index in [1.165, 1.54) is 19.3 Å².